The standard InChI is InChI=1S/3C6H9ClO8.2Al/c3*7-6(15,5(13)14)3(10)1(8)2(9)4(11)12;;/h3*1-3,8-10,15H,(H,11,12)(H,13,14);;/q;;;2*+3/p-6/t3*1-,2-,3+,6-;;/m000../s1. The van der Waals surface area contributed by atoms with E-state index in [-0.39, 0.29) is 34.7 Å². The molecule has 0 spiro atoms. The molecular formula is C18H21Al2Cl3O24. The summed E-state index contributed by atoms with van der Waals surface area (Å²) in [5, 5.41) is 156. The summed E-state index contributed by atoms with van der Waals surface area (Å²) in [5.41, 5.74) is 0. The zero-order valence-corrected chi connectivity index (χ0v) is 26.8. The van der Waals surface area contributed by atoms with Crippen LogP contribution in [-0.4, -0.2) is 202 Å². The Morgan fingerprint density at radius 3 is 0.617 bits per heavy atom. The largest absolute Gasteiger partial charge is 3.00 e. The Balaban J connectivity index is -0.000000184. The minimum atomic E-state index is -3.42. The number of hydrogen-bond donors (Lipinski definition) is 12. The molecule has 264 valence electrons. The number of aliphatic hydroxyl groups excluding tert-OH is 9. The van der Waals surface area contributed by atoms with Crippen LogP contribution in [0, 0.1) is 0 Å². The van der Waals surface area contributed by atoms with E-state index in [1.54, 1.807) is 0 Å². The van der Waals surface area contributed by atoms with Crippen LogP contribution in [0.2, 0.25) is 0 Å². The van der Waals surface area contributed by atoms with Crippen LogP contribution in [0.3, 0.4) is 0 Å². The fourth-order valence-corrected chi connectivity index (χ4v) is 2.36. The summed E-state index contributed by atoms with van der Waals surface area (Å²) in [6.45, 7) is 0. The minimum Gasteiger partial charge on any atom is -0.547 e. The SMILES string of the molecule is O=C([O-])[C@@H](O)[C@H](O)[C@@H](O)[C@@](O)(Cl)C(=O)[O-].O=C([O-])[C@@H](O)[C@H](O)[C@@H](O)[C@@](O)(Cl)C(=O)[O-].O=C([O-])[C@@H](O)[C@H](O)[C@@H](O)[C@@](O)(Cl)C(=O)[O-].[Al+3].[Al+3]. The van der Waals surface area contributed by atoms with Gasteiger partial charge >= 0.3 is 34.7 Å². The predicted octanol–water partition coefficient (Wildman–Crippen LogP) is -17.3. The van der Waals surface area contributed by atoms with Crippen molar-refractivity contribution >= 4 is 105 Å². The topological polar surface area (TPSA) is 484 Å². The number of halogens is 3. The molecule has 0 aromatic rings. The number of alkyl halides is 3. The number of hydrogen-bond acceptors (Lipinski definition) is 24. The van der Waals surface area contributed by atoms with Crippen molar-refractivity contribution in [3.63, 3.8) is 0 Å². The van der Waals surface area contributed by atoms with Gasteiger partial charge in [-0.1, -0.05) is 34.8 Å². The maximum absolute atomic E-state index is 10.2. The van der Waals surface area contributed by atoms with Gasteiger partial charge in [-0.2, -0.15) is 0 Å². The third kappa shape index (κ3) is 16.0. The molecule has 0 aromatic carbocycles. The van der Waals surface area contributed by atoms with Gasteiger partial charge in [0, 0.05) is 0 Å². The second kappa shape index (κ2) is 22.1. The summed E-state index contributed by atoms with van der Waals surface area (Å²) in [5.74, 6) is -13.6. The van der Waals surface area contributed by atoms with Crippen LogP contribution < -0.4 is 30.6 Å². The van der Waals surface area contributed by atoms with E-state index in [1.165, 1.54) is 0 Å². The van der Waals surface area contributed by atoms with Crippen molar-refractivity contribution in [2.75, 3.05) is 0 Å². The summed E-state index contributed by atoms with van der Waals surface area (Å²) in [6.07, 6.45) is -23.5. The number of rotatable bonds is 15. The Morgan fingerprint density at radius 2 is 0.532 bits per heavy atom. The van der Waals surface area contributed by atoms with Gasteiger partial charge in [-0.15, -0.1) is 0 Å². The van der Waals surface area contributed by atoms with Gasteiger partial charge in [-0.05, 0) is 0 Å². The number of carboxylic acids is 6. The van der Waals surface area contributed by atoms with Crippen molar-refractivity contribution in [3.05, 3.63) is 0 Å². The van der Waals surface area contributed by atoms with Gasteiger partial charge in [0.1, 0.15) is 54.9 Å². The molecule has 0 saturated carbocycles. The number of carbonyl (C=O) groups excluding carboxylic acids is 6. The molecule has 0 radical (unpaired) electrons. The molecule has 12 N–H and O–H groups in total. The van der Waals surface area contributed by atoms with E-state index in [0.29, 0.717) is 0 Å². The molecule has 0 rings (SSSR count). The van der Waals surface area contributed by atoms with Crippen molar-refractivity contribution in [2.45, 2.75) is 70.1 Å². The van der Waals surface area contributed by atoms with E-state index in [4.69, 9.17) is 96.1 Å². The molecule has 0 heterocycles. The molecule has 0 aliphatic carbocycles. The van der Waals surface area contributed by atoms with Gasteiger partial charge < -0.3 is 121 Å². The smallest absolute Gasteiger partial charge is 0.547 e. The molecule has 0 saturated heterocycles. The normalized spacial score (nSPS) is 20.2. The quantitative estimate of drug-likeness (QED) is 0.0542. The van der Waals surface area contributed by atoms with Crippen molar-refractivity contribution in [3.8, 4) is 0 Å². The van der Waals surface area contributed by atoms with E-state index < -0.39 is 106 Å². The van der Waals surface area contributed by atoms with E-state index in [9.17, 15) is 59.4 Å². The van der Waals surface area contributed by atoms with Gasteiger partial charge in [-0.3, -0.25) is 0 Å². The Hall–Kier alpha value is -1.73. The molecule has 0 aliphatic rings. The number of carbonyl (C=O) groups is 6. The van der Waals surface area contributed by atoms with Crippen LogP contribution in [0.1, 0.15) is 0 Å². The number of aliphatic carboxylic acids is 6. The second-order valence-corrected chi connectivity index (χ2v) is 9.71. The van der Waals surface area contributed by atoms with Gasteiger partial charge in [0.2, 0.25) is 15.2 Å². The molecule has 29 heteroatoms. The first kappa shape index (κ1) is 54.7. The molecule has 12 atom stereocenters. The molecule has 0 bridgehead atoms. The maximum atomic E-state index is 10.2. The van der Waals surface area contributed by atoms with Gasteiger partial charge in [0.05, 0.1) is 35.8 Å². The Labute approximate surface area is 295 Å². The summed E-state index contributed by atoms with van der Waals surface area (Å²) in [7, 11) is 0. The van der Waals surface area contributed by atoms with Crippen LogP contribution in [0.15, 0.2) is 0 Å². The molecular weight excluding hydrogens is 760 g/mol. The average Bonchev–Trinajstić information content (AvgIpc) is 2.93. The zero-order valence-electron chi connectivity index (χ0n) is 22.3. The average molecular weight is 782 g/mol. The molecule has 47 heavy (non-hydrogen) atoms. The Morgan fingerprint density at radius 1 is 0.404 bits per heavy atom. The molecule has 0 amide bonds. The molecule has 0 aliphatic heterocycles. The van der Waals surface area contributed by atoms with E-state index >= 15 is 0 Å². The third-order valence-electron chi connectivity index (χ3n) is 4.70. The summed E-state index contributed by atoms with van der Waals surface area (Å²) >= 11 is 14.5. The Kier molecular flexibility index (Phi) is 25.7. The van der Waals surface area contributed by atoms with E-state index in [0.717, 1.165) is 0 Å². The van der Waals surface area contributed by atoms with E-state index in [1.807, 2.05) is 0 Å². The minimum absolute atomic E-state index is 0. The monoisotopic (exact) mass is 780 g/mol. The maximum Gasteiger partial charge on any atom is 3.00 e. The molecule has 0 unspecified atom stereocenters. The first-order chi connectivity index (χ1) is 19.9. The van der Waals surface area contributed by atoms with Crippen LogP contribution in [0.25, 0.3) is 0 Å². The second-order valence-electron chi connectivity index (χ2n) is 7.98. The van der Waals surface area contributed by atoms with Crippen LogP contribution in [0.4, 0.5) is 0 Å². The van der Waals surface area contributed by atoms with Crippen molar-refractivity contribution in [1.82, 2.24) is 0 Å². The summed E-state index contributed by atoms with van der Waals surface area (Å²) < 4.78 is 0. The van der Waals surface area contributed by atoms with Gasteiger partial charge in [0.25, 0.3) is 0 Å². The number of aliphatic hydroxyl groups is 12. The van der Waals surface area contributed by atoms with Crippen molar-refractivity contribution < 1.29 is 121 Å². The van der Waals surface area contributed by atoms with Crippen molar-refractivity contribution in [2.24, 2.45) is 0 Å². The summed E-state index contributed by atoms with van der Waals surface area (Å²) in [6, 6.07) is 0. The summed E-state index contributed by atoms with van der Waals surface area (Å²) in [4.78, 5) is 60.5. The first-order valence-corrected chi connectivity index (χ1v) is 11.6. The molecule has 0 fully saturated rings. The first-order valence-electron chi connectivity index (χ1n) is 10.5. The van der Waals surface area contributed by atoms with E-state index in [2.05, 4.69) is 0 Å². The fourth-order valence-electron chi connectivity index (χ4n) is 1.98. The van der Waals surface area contributed by atoms with Crippen LogP contribution >= 0.6 is 34.8 Å². The van der Waals surface area contributed by atoms with Gasteiger partial charge in [-0.25, -0.2) is 0 Å². The molecule has 0 aromatic heterocycles. The van der Waals surface area contributed by atoms with Gasteiger partial charge in [0.15, 0.2) is 0 Å². The molecule has 24 nitrogen and oxygen atoms in total. The Bertz CT molecular complexity index is 932. The predicted molar refractivity (Wildman–Crippen MR) is 128 cm³/mol. The third-order valence-corrected chi connectivity index (χ3v) is 5.83. The fraction of sp³-hybridized carbons (Fsp3) is 0.667. The zero-order chi connectivity index (χ0) is 37.2. The van der Waals surface area contributed by atoms with Crippen LogP contribution in [0.5, 0.6) is 0 Å². The van der Waals surface area contributed by atoms with Crippen LogP contribution in [-0.2, 0) is 28.8 Å². The van der Waals surface area contributed by atoms with Crippen molar-refractivity contribution in [1.29, 1.82) is 0 Å². The number of carboxylic acid groups (broad SMARTS) is 6.